The Morgan fingerprint density at radius 1 is 0.439 bits per heavy atom. The molecule has 7 aromatic carbocycles. The number of aromatic nitrogens is 4. The molecule has 0 radical (unpaired) electrons. The van der Waals surface area contributed by atoms with Crippen LogP contribution in [0, 0.1) is 23.7 Å². The van der Waals surface area contributed by atoms with Gasteiger partial charge >= 0.3 is 0 Å². The Kier molecular flexibility index (Phi) is 6.59. The summed E-state index contributed by atoms with van der Waals surface area (Å²) in [6, 6.07) is 57.5. The summed E-state index contributed by atoms with van der Waals surface area (Å²) in [5, 5.41) is 5.07. The molecule has 4 bridgehead atoms. The summed E-state index contributed by atoms with van der Waals surface area (Å²) < 4.78 is 2.37. The third kappa shape index (κ3) is 4.47. The van der Waals surface area contributed by atoms with Crippen LogP contribution in [0.1, 0.15) is 43.2 Å². The van der Waals surface area contributed by atoms with E-state index < -0.39 is 0 Å². The van der Waals surface area contributed by atoms with E-state index in [2.05, 4.69) is 162 Å². The molecule has 14 rings (SSSR count). The average Bonchev–Trinajstić information content (AvgIpc) is 3.75. The molecular weight excluding hydrogens is 693 g/mol. The summed E-state index contributed by atoms with van der Waals surface area (Å²) in [6.45, 7) is 0. The van der Waals surface area contributed by atoms with Crippen molar-refractivity contribution in [2.45, 2.75) is 37.5 Å². The highest BCUT2D eigenvalue weighted by Crippen LogP contribution is 2.69. The van der Waals surface area contributed by atoms with Crippen molar-refractivity contribution in [3.63, 3.8) is 0 Å². The summed E-state index contributed by atoms with van der Waals surface area (Å²) in [5.41, 5.74) is 12.4. The number of rotatable bonds is 4. The van der Waals surface area contributed by atoms with Crippen LogP contribution in [0.3, 0.4) is 0 Å². The average molecular weight is 733 g/mol. The van der Waals surface area contributed by atoms with Gasteiger partial charge in [-0.1, -0.05) is 115 Å². The highest BCUT2D eigenvalue weighted by atomic mass is 15.0. The van der Waals surface area contributed by atoms with Gasteiger partial charge in [0.2, 0.25) is 0 Å². The van der Waals surface area contributed by atoms with Gasteiger partial charge in [-0.05, 0) is 131 Å². The summed E-state index contributed by atoms with van der Waals surface area (Å²) in [4.78, 5) is 16.1. The van der Waals surface area contributed by atoms with Crippen LogP contribution in [0.2, 0.25) is 0 Å². The van der Waals surface area contributed by atoms with Crippen molar-refractivity contribution in [1.29, 1.82) is 0 Å². The molecule has 2 heterocycles. The van der Waals surface area contributed by atoms with Crippen molar-refractivity contribution >= 4 is 32.6 Å². The lowest BCUT2D eigenvalue weighted by molar-refractivity contribution is -0.0398. The van der Waals surface area contributed by atoms with Crippen molar-refractivity contribution in [3.8, 4) is 51.0 Å². The summed E-state index contributed by atoms with van der Waals surface area (Å²) in [6.07, 6.45) is 6.81. The first kappa shape index (κ1) is 31.8. The van der Waals surface area contributed by atoms with Crippen molar-refractivity contribution in [1.82, 2.24) is 19.5 Å². The number of para-hydroxylation sites is 3. The van der Waals surface area contributed by atoms with Gasteiger partial charge in [0.15, 0.2) is 17.5 Å². The van der Waals surface area contributed by atoms with Gasteiger partial charge in [-0.3, -0.25) is 0 Å². The maximum atomic E-state index is 5.46. The Labute approximate surface area is 331 Å². The van der Waals surface area contributed by atoms with E-state index in [4.69, 9.17) is 15.0 Å². The maximum Gasteiger partial charge on any atom is 0.166 e. The predicted octanol–water partition coefficient (Wildman–Crippen LogP) is 12.8. The van der Waals surface area contributed by atoms with Gasteiger partial charge in [-0.2, -0.15) is 0 Å². The number of hydrogen-bond donors (Lipinski definition) is 0. The lowest BCUT2D eigenvalue weighted by Crippen LogP contribution is -2.55. The van der Waals surface area contributed by atoms with Crippen LogP contribution in [0.15, 0.2) is 158 Å². The Hall–Kier alpha value is -6.39. The minimum atomic E-state index is 0.0263. The Morgan fingerprint density at radius 2 is 1.05 bits per heavy atom. The molecule has 9 aromatic rings. The first-order chi connectivity index (χ1) is 28.2. The van der Waals surface area contributed by atoms with Gasteiger partial charge in [0.05, 0.1) is 11.0 Å². The molecule has 4 fully saturated rings. The van der Waals surface area contributed by atoms with Crippen molar-refractivity contribution in [2.24, 2.45) is 23.7 Å². The zero-order valence-corrected chi connectivity index (χ0v) is 31.6. The first-order valence-corrected chi connectivity index (χ1v) is 20.8. The van der Waals surface area contributed by atoms with Crippen LogP contribution < -0.4 is 0 Å². The minimum Gasteiger partial charge on any atom is -0.309 e. The third-order valence-electron chi connectivity index (χ3n) is 14.4. The molecule has 0 N–H and O–H groups in total. The quantitative estimate of drug-likeness (QED) is 0.181. The Morgan fingerprint density at radius 3 is 1.82 bits per heavy atom. The van der Waals surface area contributed by atoms with E-state index in [1.165, 1.54) is 70.3 Å². The second kappa shape index (κ2) is 11.8. The van der Waals surface area contributed by atoms with Crippen molar-refractivity contribution in [3.05, 3.63) is 169 Å². The van der Waals surface area contributed by atoms with E-state index in [9.17, 15) is 0 Å². The van der Waals surface area contributed by atoms with E-state index in [-0.39, 0.29) is 5.41 Å². The normalized spacial score (nSPS) is 22.8. The molecule has 57 heavy (non-hydrogen) atoms. The maximum absolute atomic E-state index is 5.46. The van der Waals surface area contributed by atoms with Crippen molar-refractivity contribution in [2.75, 3.05) is 0 Å². The SMILES string of the molecule is c1ccc(-c2nc(-c3ccc4c(c3)C3(c5cc6ccccc6cc5-4)C4CC5CC(C4)CC3C5)nc(-c3cccc4c5ccccc5n(-c5ccccc5)c34)n2)cc1. The van der Waals surface area contributed by atoms with E-state index in [0.717, 1.165) is 51.1 Å². The molecule has 4 saturated carbocycles. The zero-order valence-electron chi connectivity index (χ0n) is 31.6. The Bertz CT molecular complexity index is 3060. The fraction of sp³-hybridized carbons (Fsp3) is 0.189. The largest absolute Gasteiger partial charge is 0.309 e. The van der Waals surface area contributed by atoms with Crippen LogP contribution >= 0.6 is 0 Å². The highest BCUT2D eigenvalue weighted by molar-refractivity contribution is 6.13. The first-order valence-electron chi connectivity index (χ1n) is 20.8. The molecule has 272 valence electrons. The van der Waals surface area contributed by atoms with Crippen LogP contribution in [-0.2, 0) is 5.41 Å². The topological polar surface area (TPSA) is 43.6 Å². The van der Waals surface area contributed by atoms with Crippen LogP contribution in [-0.4, -0.2) is 19.5 Å². The van der Waals surface area contributed by atoms with Gasteiger partial charge in [-0.25, -0.2) is 15.0 Å². The van der Waals surface area contributed by atoms with Gasteiger partial charge in [0.1, 0.15) is 0 Å². The van der Waals surface area contributed by atoms with E-state index in [1.54, 1.807) is 5.56 Å². The number of fused-ring (bicyclic) bond motifs is 7. The van der Waals surface area contributed by atoms with E-state index >= 15 is 0 Å². The molecule has 4 nitrogen and oxygen atoms in total. The fourth-order valence-corrected chi connectivity index (χ4v) is 12.4. The molecule has 2 aromatic heterocycles. The second-order valence-electron chi connectivity index (χ2n) is 17.2. The van der Waals surface area contributed by atoms with Gasteiger partial charge < -0.3 is 4.57 Å². The van der Waals surface area contributed by atoms with E-state index in [0.29, 0.717) is 23.5 Å². The smallest absolute Gasteiger partial charge is 0.166 e. The predicted molar refractivity (Wildman–Crippen MR) is 231 cm³/mol. The lowest BCUT2D eigenvalue weighted by Gasteiger charge is -2.61. The van der Waals surface area contributed by atoms with E-state index in [1.807, 2.05) is 0 Å². The van der Waals surface area contributed by atoms with Crippen LogP contribution in [0.5, 0.6) is 0 Å². The minimum absolute atomic E-state index is 0.0263. The third-order valence-corrected chi connectivity index (χ3v) is 14.4. The number of nitrogens with zero attached hydrogens (tertiary/aromatic N) is 4. The molecule has 0 aliphatic heterocycles. The molecule has 0 unspecified atom stereocenters. The molecular formula is C53H40N4. The highest BCUT2D eigenvalue weighted by Gasteiger charge is 2.61. The summed E-state index contributed by atoms with van der Waals surface area (Å²) in [7, 11) is 0. The molecule has 5 aliphatic rings. The van der Waals surface area contributed by atoms with Gasteiger partial charge in [0, 0.05) is 38.6 Å². The molecule has 1 spiro atoms. The van der Waals surface area contributed by atoms with Crippen LogP contribution in [0.4, 0.5) is 0 Å². The van der Waals surface area contributed by atoms with Crippen LogP contribution in [0.25, 0.3) is 83.6 Å². The zero-order chi connectivity index (χ0) is 37.2. The fourth-order valence-electron chi connectivity index (χ4n) is 12.4. The molecule has 0 saturated heterocycles. The standard InChI is InChI=1S/C53H40N4/c1-3-12-34(13-4-1)50-54-51(56-52(55-50)44-20-11-19-43-42-18-9-10-21-48(42)57(49(43)44)40-16-5-2-6-17-40)37-22-23-41-45-29-35-14-7-8-15-36(35)30-47(45)53(46(41)31-37)38-25-32-24-33(27-38)28-39(53)26-32/h1-23,29-33,38-39H,24-28H2. The lowest BCUT2D eigenvalue weighted by atomic mass is 9.43. The monoisotopic (exact) mass is 732 g/mol. The molecule has 0 amide bonds. The summed E-state index contributed by atoms with van der Waals surface area (Å²) >= 11 is 0. The Balaban J connectivity index is 1.06. The second-order valence-corrected chi connectivity index (χ2v) is 17.2. The number of hydrogen-bond acceptors (Lipinski definition) is 3. The molecule has 0 atom stereocenters. The van der Waals surface area contributed by atoms with Gasteiger partial charge in [-0.15, -0.1) is 0 Å². The molecule has 5 aliphatic carbocycles. The van der Waals surface area contributed by atoms with Gasteiger partial charge in [0.25, 0.3) is 0 Å². The van der Waals surface area contributed by atoms with Crippen molar-refractivity contribution < 1.29 is 0 Å². The molecule has 4 heteroatoms. The summed E-state index contributed by atoms with van der Waals surface area (Å²) in [5.74, 6) is 5.18. The number of benzene rings is 7.